The topological polar surface area (TPSA) is 21.3 Å². The van der Waals surface area contributed by atoms with Crippen molar-refractivity contribution in [1.29, 1.82) is 0 Å². The van der Waals surface area contributed by atoms with Gasteiger partial charge in [0.25, 0.3) is 0 Å². The smallest absolute Gasteiger partial charge is 0.119 e. The van der Waals surface area contributed by atoms with Gasteiger partial charge < -0.3 is 10.1 Å². The largest absolute Gasteiger partial charge is 0.497 e. The Labute approximate surface area is 128 Å². The second-order valence-corrected chi connectivity index (χ2v) is 5.73. The van der Waals surface area contributed by atoms with Crippen molar-refractivity contribution in [3.63, 3.8) is 0 Å². The number of rotatable bonds is 5. The Balaban J connectivity index is 2.10. The molecule has 0 amide bonds. The number of hydrogen-bond donors (Lipinski definition) is 1. The molecule has 2 heteroatoms. The van der Waals surface area contributed by atoms with E-state index in [0.29, 0.717) is 6.04 Å². The first kappa shape index (κ1) is 15.6. The molecule has 2 atom stereocenters. The first-order valence-electron chi connectivity index (χ1n) is 7.48. The Bertz CT molecular complexity index is 606. The number of hydrogen-bond acceptors (Lipinski definition) is 2. The molecule has 0 aliphatic carbocycles. The van der Waals surface area contributed by atoms with Crippen molar-refractivity contribution < 1.29 is 4.74 Å². The van der Waals surface area contributed by atoms with E-state index in [4.69, 9.17) is 4.74 Å². The third-order valence-electron chi connectivity index (χ3n) is 4.12. The molecule has 0 saturated carbocycles. The fourth-order valence-electron chi connectivity index (χ4n) is 2.51. The number of ether oxygens (including phenoxy) is 1. The predicted octanol–water partition coefficient (Wildman–Crippen LogP) is 4.72. The van der Waals surface area contributed by atoms with Gasteiger partial charge in [0.05, 0.1) is 7.11 Å². The zero-order chi connectivity index (χ0) is 15.4. The maximum Gasteiger partial charge on any atom is 0.119 e. The summed E-state index contributed by atoms with van der Waals surface area (Å²) < 4.78 is 5.30. The van der Waals surface area contributed by atoms with Crippen molar-refractivity contribution in [3.8, 4) is 5.75 Å². The SMILES string of the molecule is COc1cccc([C@@H](C)NC(C)c2ccc(C)c(C)c2)c1. The fraction of sp³-hybridized carbons (Fsp3) is 0.368. The number of aryl methyl sites for hydroxylation is 2. The van der Waals surface area contributed by atoms with Crippen LogP contribution in [0.4, 0.5) is 0 Å². The van der Waals surface area contributed by atoms with Crippen molar-refractivity contribution in [3.05, 3.63) is 64.7 Å². The molecule has 0 radical (unpaired) electrons. The highest BCUT2D eigenvalue weighted by Gasteiger charge is 2.12. The standard InChI is InChI=1S/C19H25NO/c1-13-9-10-18(11-14(13)2)16(4)20-15(3)17-7-6-8-19(12-17)21-5/h6-12,15-16,20H,1-5H3/t15-,16?/m1/s1. The van der Waals surface area contributed by atoms with Crippen LogP contribution < -0.4 is 10.1 Å². The molecule has 1 unspecified atom stereocenters. The Hall–Kier alpha value is -1.80. The summed E-state index contributed by atoms with van der Waals surface area (Å²) >= 11 is 0. The molecule has 0 heterocycles. The van der Waals surface area contributed by atoms with Crippen LogP contribution in [0.25, 0.3) is 0 Å². The first-order chi connectivity index (χ1) is 10.0. The normalized spacial score (nSPS) is 13.8. The van der Waals surface area contributed by atoms with Crippen LogP contribution in [0.3, 0.4) is 0 Å². The molecule has 0 fully saturated rings. The van der Waals surface area contributed by atoms with Crippen LogP contribution >= 0.6 is 0 Å². The van der Waals surface area contributed by atoms with Crippen molar-refractivity contribution >= 4 is 0 Å². The average Bonchev–Trinajstić information content (AvgIpc) is 2.49. The van der Waals surface area contributed by atoms with Gasteiger partial charge in [0.15, 0.2) is 0 Å². The van der Waals surface area contributed by atoms with Crippen molar-refractivity contribution in [2.45, 2.75) is 39.8 Å². The molecule has 2 aromatic carbocycles. The van der Waals surface area contributed by atoms with E-state index in [1.54, 1.807) is 7.11 Å². The van der Waals surface area contributed by atoms with Gasteiger partial charge in [-0.3, -0.25) is 0 Å². The maximum atomic E-state index is 5.30. The number of benzene rings is 2. The third kappa shape index (κ3) is 3.85. The summed E-state index contributed by atoms with van der Waals surface area (Å²) in [5, 5.41) is 3.65. The molecular weight excluding hydrogens is 258 g/mol. The van der Waals surface area contributed by atoms with Crippen molar-refractivity contribution in [2.75, 3.05) is 7.11 Å². The van der Waals surface area contributed by atoms with E-state index < -0.39 is 0 Å². The van der Waals surface area contributed by atoms with E-state index in [-0.39, 0.29) is 6.04 Å². The Morgan fingerprint density at radius 1 is 0.857 bits per heavy atom. The Morgan fingerprint density at radius 2 is 1.52 bits per heavy atom. The minimum Gasteiger partial charge on any atom is -0.497 e. The fourth-order valence-corrected chi connectivity index (χ4v) is 2.51. The first-order valence-corrected chi connectivity index (χ1v) is 7.48. The molecule has 21 heavy (non-hydrogen) atoms. The highest BCUT2D eigenvalue weighted by atomic mass is 16.5. The molecule has 1 N–H and O–H groups in total. The minimum atomic E-state index is 0.275. The van der Waals surface area contributed by atoms with E-state index in [2.05, 4.69) is 63.3 Å². The number of methoxy groups -OCH3 is 1. The van der Waals surface area contributed by atoms with Crippen molar-refractivity contribution in [1.82, 2.24) is 5.32 Å². The molecule has 112 valence electrons. The molecule has 0 saturated heterocycles. The van der Waals surface area contributed by atoms with Crippen LogP contribution in [-0.4, -0.2) is 7.11 Å². The molecule has 0 aromatic heterocycles. The summed E-state index contributed by atoms with van der Waals surface area (Å²) in [5.41, 5.74) is 5.25. The van der Waals surface area contributed by atoms with Crippen LogP contribution in [0, 0.1) is 13.8 Å². The van der Waals surface area contributed by atoms with Crippen LogP contribution in [0.2, 0.25) is 0 Å². The van der Waals surface area contributed by atoms with E-state index in [9.17, 15) is 0 Å². The summed E-state index contributed by atoms with van der Waals surface area (Å²) in [5.74, 6) is 0.903. The van der Waals surface area contributed by atoms with Gasteiger partial charge in [0.2, 0.25) is 0 Å². The quantitative estimate of drug-likeness (QED) is 0.857. The molecule has 2 nitrogen and oxygen atoms in total. The van der Waals surface area contributed by atoms with Gasteiger partial charge in [-0.1, -0.05) is 30.3 Å². The Kier molecular flexibility index (Phi) is 5.03. The van der Waals surface area contributed by atoms with E-state index in [1.165, 1.54) is 22.3 Å². The van der Waals surface area contributed by atoms with E-state index in [1.807, 2.05) is 12.1 Å². The van der Waals surface area contributed by atoms with Gasteiger partial charge >= 0.3 is 0 Å². The summed E-state index contributed by atoms with van der Waals surface area (Å²) in [4.78, 5) is 0. The summed E-state index contributed by atoms with van der Waals surface area (Å²) in [7, 11) is 1.70. The highest BCUT2D eigenvalue weighted by Crippen LogP contribution is 2.23. The predicted molar refractivity (Wildman–Crippen MR) is 88.9 cm³/mol. The lowest BCUT2D eigenvalue weighted by molar-refractivity contribution is 0.412. The molecule has 2 rings (SSSR count). The zero-order valence-corrected chi connectivity index (χ0v) is 13.6. The lowest BCUT2D eigenvalue weighted by Gasteiger charge is -2.22. The van der Waals surface area contributed by atoms with Gasteiger partial charge in [-0.25, -0.2) is 0 Å². The second kappa shape index (κ2) is 6.77. The monoisotopic (exact) mass is 283 g/mol. The summed E-state index contributed by atoms with van der Waals surface area (Å²) in [6, 6.07) is 15.5. The second-order valence-electron chi connectivity index (χ2n) is 5.73. The van der Waals surface area contributed by atoms with E-state index in [0.717, 1.165) is 5.75 Å². The van der Waals surface area contributed by atoms with Gasteiger partial charge in [0, 0.05) is 12.1 Å². The van der Waals surface area contributed by atoms with E-state index >= 15 is 0 Å². The van der Waals surface area contributed by atoms with Gasteiger partial charge in [-0.2, -0.15) is 0 Å². The van der Waals surface area contributed by atoms with Crippen LogP contribution in [-0.2, 0) is 0 Å². The maximum absolute atomic E-state index is 5.30. The number of nitrogens with one attached hydrogen (secondary N) is 1. The third-order valence-corrected chi connectivity index (χ3v) is 4.12. The molecular formula is C19H25NO. The lowest BCUT2D eigenvalue weighted by atomic mass is 10.0. The molecule has 2 aromatic rings. The summed E-state index contributed by atoms with van der Waals surface area (Å²) in [6.07, 6.45) is 0. The van der Waals surface area contributed by atoms with Crippen LogP contribution in [0.5, 0.6) is 5.75 Å². The lowest BCUT2D eigenvalue weighted by Crippen LogP contribution is -2.22. The summed E-state index contributed by atoms with van der Waals surface area (Å²) in [6.45, 7) is 8.71. The molecule has 0 aliphatic heterocycles. The Morgan fingerprint density at radius 3 is 2.14 bits per heavy atom. The van der Waals surface area contributed by atoms with Crippen LogP contribution in [0.1, 0.15) is 48.2 Å². The van der Waals surface area contributed by atoms with Gasteiger partial charge in [0.1, 0.15) is 5.75 Å². The highest BCUT2D eigenvalue weighted by molar-refractivity contribution is 5.33. The van der Waals surface area contributed by atoms with Crippen LogP contribution in [0.15, 0.2) is 42.5 Å². The molecule has 0 spiro atoms. The molecule has 0 bridgehead atoms. The average molecular weight is 283 g/mol. The zero-order valence-electron chi connectivity index (χ0n) is 13.6. The van der Waals surface area contributed by atoms with Crippen molar-refractivity contribution in [2.24, 2.45) is 0 Å². The van der Waals surface area contributed by atoms with Gasteiger partial charge in [-0.15, -0.1) is 0 Å². The van der Waals surface area contributed by atoms with Gasteiger partial charge in [-0.05, 0) is 62.1 Å². The minimum absolute atomic E-state index is 0.275. The molecule has 0 aliphatic rings.